The summed E-state index contributed by atoms with van der Waals surface area (Å²) in [6.45, 7) is 6.86. The second-order valence-corrected chi connectivity index (χ2v) is 7.18. The lowest BCUT2D eigenvalue weighted by molar-refractivity contribution is 0.464. The monoisotopic (exact) mass is 285 g/mol. The molecule has 0 radical (unpaired) electrons. The molecule has 108 valence electrons. The standard InChI is InChI=1S/C13H23N3O2S/c1-4-15-10-13(7-12(15)8-14-3)19(17,18)16-6-5-11(2)9-16/h7,10-11,14H,4-6,8-9H2,1-3H3. The van der Waals surface area contributed by atoms with Crippen molar-refractivity contribution < 1.29 is 8.42 Å². The first-order chi connectivity index (χ1) is 8.98. The molecule has 19 heavy (non-hydrogen) atoms. The van der Waals surface area contributed by atoms with Crippen LogP contribution < -0.4 is 5.32 Å². The highest BCUT2D eigenvalue weighted by atomic mass is 32.2. The van der Waals surface area contributed by atoms with Gasteiger partial charge in [0.1, 0.15) is 4.90 Å². The van der Waals surface area contributed by atoms with Gasteiger partial charge < -0.3 is 9.88 Å². The van der Waals surface area contributed by atoms with Crippen LogP contribution in [-0.2, 0) is 23.1 Å². The smallest absolute Gasteiger partial charge is 0.244 e. The molecule has 0 amide bonds. The molecule has 0 aromatic carbocycles. The van der Waals surface area contributed by atoms with E-state index in [0.29, 0.717) is 30.4 Å². The molecule has 1 aromatic heterocycles. The van der Waals surface area contributed by atoms with Crippen molar-refractivity contribution in [2.24, 2.45) is 5.92 Å². The Morgan fingerprint density at radius 2 is 2.21 bits per heavy atom. The normalized spacial score (nSPS) is 21.1. The van der Waals surface area contributed by atoms with Gasteiger partial charge >= 0.3 is 0 Å². The van der Waals surface area contributed by atoms with Crippen LogP contribution in [0.4, 0.5) is 0 Å². The summed E-state index contributed by atoms with van der Waals surface area (Å²) in [6.07, 6.45) is 2.71. The maximum absolute atomic E-state index is 12.6. The van der Waals surface area contributed by atoms with Crippen molar-refractivity contribution in [2.45, 2.75) is 38.3 Å². The van der Waals surface area contributed by atoms with Crippen molar-refractivity contribution in [1.82, 2.24) is 14.2 Å². The molecule has 1 N–H and O–H groups in total. The summed E-state index contributed by atoms with van der Waals surface area (Å²) in [5, 5.41) is 3.07. The largest absolute Gasteiger partial charge is 0.349 e. The quantitative estimate of drug-likeness (QED) is 0.886. The SMILES string of the molecule is CCn1cc(S(=O)(=O)N2CCC(C)C2)cc1CNC. The van der Waals surface area contributed by atoms with E-state index in [1.807, 2.05) is 18.5 Å². The fourth-order valence-corrected chi connectivity index (χ4v) is 4.19. The molecule has 2 rings (SSSR count). The molecule has 1 atom stereocenters. The second kappa shape index (κ2) is 5.64. The maximum atomic E-state index is 12.6. The Bertz CT molecular complexity index is 536. The van der Waals surface area contributed by atoms with Gasteiger partial charge in [-0.15, -0.1) is 0 Å². The maximum Gasteiger partial charge on any atom is 0.244 e. The van der Waals surface area contributed by atoms with E-state index in [-0.39, 0.29) is 0 Å². The van der Waals surface area contributed by atoms with E-state index >= 15 is 0 Å². The van der Waals surface area contributed by atoms with Crippen LogP contribution in [0.1, 0.15) is 26.0 Å². The van der Waals surface area contributed by atoms with E-state index in [2.05, 4.69) is 12.2 Å². The molecule has 0 spiro atoms. The Morgan fingerprint density at radius 1 is 1.47 bits per heavy atom. The van der Waals surface area contributed by atoms with E-state index in [1.165, 1.54) is 0 Å². The first-order valence-electron chi connectivity index (χ1n) is 6.82. The number of hydrogen-bond donors (Lipinski definition) is 1. The van der Waals surface area contributed by atoms with E-state index in [9.17, 15) is 8.42 Å². The average Bonchev–Trinajstić information content (AvgIpc) is 2.96. The third kappa shape index (κ3) is 2.85. The minimum Gasteiger partial charge on any atom is -0.349 e. The number of rotatable bonds is 5. The molecule has 1 unspecified atom stereocenters. The zero-order valence-electron chi connectivity index (χ0n) is 11.9. The molecule has 6 heteroatoms. The van der Waals surface area contributed by atoms with Crippen molar-refractivity contribution in [3.63, 3.8) is 0 Å². The second-order valence-electron chi connectivity index (χ2n) is 5.24. The van der Waals surface area contributed by atoms with Crippen molar-refractivity contribution in [1.29, 1.82) is 0 Å². The Kier molecular flexibility index (Phi) is 4.32. The topological polar surface area (TPSA) is 54.3 Å². The molecule has 0 saturated carbocycles. The van der Waals surface area contributed by atoms with Crippen LogP contribution in [0.2, 0.25) is 0 Å². The van der Waals surface area contributed by atoms with Gasteiger partial charge in [-0.3, -0.25) is 0 Å². The summed E-state index contributed by atoms with van der Waals surface area (Å²) in [4.78, 5) is 0.425. The summed E-state index contributed by atoms with van der Waals surface area (Å²) in [7, 11) is -1.45. The minimum atomic E-state index is -3.32. The van der Waals surface area contributed by atoms with Crippen molar-refractivity contribution in [2.75, 3.05) is 20.1 Å². The summed E-state index contributed by atoms with van der Waals surface area (Å²) >= 11 is 0. The van der Waals surface area contributed by atoms with Gasteiger partial charge in [-0.2, -0.15) is 4.31 Å². The van der Waals surface area contributed by atoms with Gasteiger partial charge in [0.15, 0.2) is 0 Å². The first-order valence-corrected chi connectivity index (χ1v) is 8.26. The van der Waals surface area contributed by atoms with Gasteiger partial charge in [0, 0.05) is 38.1 Å². The van der Waals surface area contributed by atoms with Crippen molar-refractivity contribution in [3.8, 4) is 0 Å². The lowest BCUT2D eigenvalue weighted by Gasteiger charge is -2.14. The molecule has 1 aliphatic rings. The van der Waals surface area contributed by atoms with Gasteiger partial charge in [-0.1, -0.05) is 6.92 Å². The predicted octanol–water partition coefficient (Wildman–Crippen LogP) is 1.26. The Labute approximate surface area is 115 Å². The fraction of sp³-hybridized carbons (Fsp3) is 0.692. The minimum absolute atomic E-state index is 0.425. The summed E-state index contributed by atoms with van der Waals surface area (Å²) < 4.78 is 28.7. The number of nitrogens with zero attached hydrogens (tertiary/aromatic N) is 2. The first kappa shape index (κ1) is 14.6. The van der Waals surface area contributed by atoms with Gasteiger partial charge in [-0.05, 0) is 32.4 Å². The number of aromatic nitrogens is 1. The van der Waals surface area contributed by atoms with Crippen LogP contribution in [0, 0.1) is 5.92 Å². The van der Waals surface area contributed by atoms with E-state index < -0.39 is 10.0 Å². The molecule has 0 aliphatic carbocycles. The highest BCUT2D eigenvalue weighted by Crippen LogP contribution is 2.25. The number of hydrogen-bond acceptors (Lipinski definition) is 3. The molecule has 1 aromatic rings. The molecule has 0 bridgehead atoms. The van der Waals surface area contributed by atoms with Gasteiger partial charge in [-0.25, -0.2) is 8.42 Å². The molecular formula is C13H23N3O2S. The lowest BCUT2D eigenvalue weighted by atomic mass is 10.2. The van der Waals surface area contributed by atoms with Crippen LogP contribution in [0.25, 0.3) is 0 Å². The third-order valence-electron chi connectivity index (χ3n) is 3.68. The summed E-state index contributed by atoms with van der Waals surface area (Å²) in [6, 6.07) is 1.79. The highest BCUT2D eigenvalue weighted by Gasteiger charge is 2.31. The molecule has 1 fully saturated rings. The van der Waals surface area contributed by atoms with Crippen LogP contribution in [0.5, 0.6) is 0 Å². The zero-order valence-corrected chi connectivity index (χ0v) is 12.7. The zero-order chi connectivity index (χ0) is 14.0. The van der Waals surface area contributed by atoms with Crippen LogP contribution in [-0.4, -0.2) is 37.4 Å². The predicted molar refractivity (Wildman–Crippen MR) is 75.4 cm³/mol. The number of sulfonamides is 1. The number of aryl methyl sites for hydroxylation is 1. The van der Waals surface area contributed by atoms with Crippen molar-refractivity contribution >= 4 is 10.0 Å². The third-order valence-corrected chi connectivity index (χ3v) is 5.51. The van der Waals surface area contributed by atoms with Gasteiger partial charge in [0.25, 0.3) is 0 Å². The summed E-state index contributed by atoms with van der Waals surface area (Å²) in [5.41, 5.74) is 1.01. The molecule has 1 saturated heterocycles. The van der Waals surface area contributed by atoms with Crippen molar-refractivity contribution in [3.05, 3.63) is 18.0 Å². The lowest BCUT2D eigenvalue weighted by Crippen LogP contribution is -2.28. The van der Waals surface area contributed by atoms with Gasteiger partial charge in [0.05, 0.1) is 0 Å². The summed E-state index contributed by atoms with van der Waals surface area (Å²) in [5.74, 6) is 0.458. The Hall–Kier alpha value is -0.850. The molecular weight excluding hydrogens is 262 g/mol. The van der Waals surface area contributed by atoms with Crippen LogP contribution in [0.15, 0.2) is 17.2 Å². The molecule has 1 aliphatic heterocycles. The van der Waals surface area contributed by atoms with E-state index in [0.717, 1.165) is 18.7 Å². The van der Waals surface area contributed by atoms with Crippen LogP contribution >= 0.6 is 0 Å². The Balaban J connectivity index is 2.30. The van der Waals surface area contributed by atoms with Crippen LogP contribution in [0.3, 0.4) is 0 Å². The molecule has 5 nitrogen and oxygen atoms in total. The molecule has 2 heterocycles. The fourth-order valence-electron chi connectivity index (χ4n) is 2.55. The van der Waals surface area contributed by atoms with Gasteiger partial charge in [0.2, 0.25) is 10.0 Å². The van der Waals surface area contributed by atoms with E-state index in [1.54, 1.807) is 16.6 Å². The Morgan fingerprint density at radius 3 is 2.74 bits per heavy atom. The highest BCUT2D eigenvalue weighted by molar-refractivity contribution is 7.89. The number of nitrogens with one attached hydrogen (secondary N) is 1. The van der Waals surface area contributed by atoms with E-state index in [4.69, 9.17) is 0 Å². The average molecular weight is 285 g/mol.